The molecule has 1 aromatic carbocycles. The Hall–Kier alpha value is -2.34. The van der Waals surface area contributed by atoms with Gasteiger partial charge in [-0.25, -0.2) is 4.98 Å². The quantitative estimate of drug-likeness (QED) is 0.827. The van der Waals surface area contributed by atoms with E-state index >= 15 is 0 Å². The maximum Gasteiger partial charge on any atom is 0.171 e. The van der Waals surface area contributed by atoms with Crippen molar-refractivity contribution in [3.63, 3.8) is 0 Å². The Kier molecular flexibility index (Phi) is 5.55. The number of aromatic nitrogens is 1. The molecule has 0 saturated heterocycles. The van der Waals surface area contributed by atoms with Crippen LogP contribution in [0.3, 0.4) is 0 Å². The molecule has 1 heterocycles. The number of nitrogens with zero attached hydrogens (tertiary/aromatic N) is 2. The van der Waals surface area contributed by atoms with E-state index in [1.807, 2.05) is 55.4 Å². The highest BCUT2D eigenvalue weighted by Gasteiger charge is 2.06. The minimum absolute atomic E-state index is 0.568. The molecule has 0 radical (unpaired) electrons. The Morgan fingerprint density at radius 2 is 1.95 bits per heavy atom. The summed E-state index contributed by atoms with van der Waals surface area (Å²) in [7, 11) is 5.59. The maximum absolute atomic E-state index is 5.32. The second-order valence-electron chi connectivity index (χ2n) is 4.92. The summed E-state index contributed by atoms with van der Waals surface area (Å²) in [5.41, 5.74) is 2.00. The fourth-order valence-electron chi connectivity index (χ4n) is 2.00. The van der Waals surface area contributed by atoms with Crippen LogP contribution in [0.4, 0.5) is 11.5 Å². The summed E-state index contributed by atoms with van der Waals surface area (Å²) in [6.07, 6.45) is 1.78. The molecule has 0 bridgehead atoms. The highest BCUT2D eigenvalue weighted by molar-refractivity contribution is 7.80. The lowest BCUT2D eigenvalue weighted by Gasteiger charge is -2.17. The largest absolute Gasteiger partial charge is 0.497 e. The first kappa shape index (κ1) is 16.0. The van der Waals surface area contributed by atoms with Crippen LogP contribution in [0.2, 0.25) is 0 Å². The van der Waals surface area contributed by atoms with E-state index in [0.29, 0.717) is 11.7 Å². The van der Waals surface area contributed by atoms with Crippen molar-refractivity contribution in [1.82, 2.24) is 10.3 Å². The fraction of sp³-hybridized carbons (Fsp3) is 0.250. The van der Waals surface area contributed by atoms with Gasteiger partial charge in [0, 0.05) is 38.1 Å². The summed E-state index contributed by atoms with van der Waals surface area (Å²) in [5.74, 6) is 1.75. The van der Waals surface area contributed by atoms with E-state index in [-0.39, 0.29) is 0 Å². The minimum Gasteiger partial charge on any atom is -0.497 e. The first-order valence-electron chi connectivity index (χ1n) is 6.90. The van der Waals surface area contributed by atoms with Crippen molar-refractivity contribution in [3.8, 4) is 5.75 Å². The van der Waals surface area contributed by atoms with Crippen molar-refractivity contribution in [1.29, 1.82) is 0 Å². The third kappa shape index (κ3) is 4.33. The third-order valence-electron chi connectivity index (χ3n) is 3.08. The average Bonchev–Trinajstić information content (AvgIpc) is 2.54. The molecule has 2 aromatic rings. The number of pyridine rings is 1. The minimum atomic E-state index is 0.568. The normalized spacial score (nSPS) is 9.95. The Bertz CT molecular complexity index is 628. The first-order chi connectivity index (χ1) is 10.6. The van der Waals surface area contributed by atoms with Gasteiger partial charge >= 0.3 is 0 Å². The Morgan fingerprint density at radius 3 is 2.59 bits per heavy atom. The topological polar surface area (TPSA) is 49.4 Å². The molecule has 2 rings (SSSR count). The predicted molar refractivity (Wildman–Crippen MR) is 94.6 cm³/mol. The number of anilines is 2. The zero-order chi connectivity index (χ0) is 15.9. The van der Waals surface area contributed by atoms with Crippen LogP contribution in [0.25, 0.3) is 0 Å². The predicted octanol–water partition coefficient (Wildman–Crippen LogP) is 2.64. The van der Waals surface area contributed by atoms with E-state index in [1.165, 1.54) is 0 Å². The Balaban J connectivity index is 1.92. The van der Waals surface area contributed by atoms with Gasteiger partial charge in [-0.05, 0) is 42.5 Å². The van der Waals surface area contributed by atoms with Crippen molar-refractivity contribution < 1.29 is 4.74 Å². The number of hydrogen-bond acceptors (Lipinski definition) is 4. The summed E-state index contributed by atoms with van der Waals surface area (Å²) >= 11 is 5.32. The lowest BCUT2D eigenvalue weighted by atomic mass is 10.2. The molecule has 2 N–H and O–H groups in total. The van der Waals surface area contributed by atoms with Gasteiger partial charge in [0.2, 0.25) is 0 Å². The number of benzene rings is 1. The summed E-state index contributed by atoms with van der Waals surface area (Å²) < 4.78 is 5.13. The summed E-state index contributed by atoms with van der Waals surface area (Å²) in [6, 6.07) is 11.6. The molecular weight excluding hydrogens is 296 g/mol. The van der Waals surface area contributed by atoms with Crippen LogP contribution < -0.4 is 20.3 Å². The SMILES string of the molecule is COc1ccc(NC(=S)NCc2cccnc2N(C)C)cc1. The molecule has 5 nitrogen and oxygen atoms in total. The Labute approximate surface area is 136 Å². The number of ether oxygens (including phenoxy) is 1. The van der Waals surface area contributed by atoms with E-state index in [9.17, 15) is 0 Å². The second-order valence-corrected chi connectivity index (χ2v) is 5.32. The first-order valence-corrected chi connectivity index (χ1v) is 7.31. The molecule has 0 atom stereocenters. The smallest absolute Gasteiger partial charge is 0.171 e. The van der Waals surface area contributed by atoms with Crippen LogP contribution >= 0.6 is 12.2 Å². The molecule has 6 heteroatoms. The van der Waals surface area contributed by atoms with Gasteiger partial charge in [-0.15, -0.1) is 0 Å². The molecule has 0 aliphatic carbocycles. The maximum atomic E-state index is 5.32. The van der Waals surface area contributed by atoms with Crippen molar-refractivity contribution >= 4 is 28.8 Å². The van der Waals surface area contributed by atoms with E-state index in [2.05, 4.69) is 15.6 Å². The molecule has 0 amide bonds. The zero-order valence-electron chi connectivity index (χ0n) is 13.0. The molecule has 1 aromatic heterocycles. The monoisotopic (exact) mass is 316 g/mol. The van der Waals surface area contributed by atoms with Gasteiger partial charge in [0.1, 0.15) is 11.6 Å². The molecule has 0 fully saturated rings. The molecule has 0 aliphatic rings. The molecule has 0 spiro atoms. The average molecular weight is 316 g/mol. The van der Waals surface area contributed by atoms with Crippen LogP contribution in [0.15, 0.2) is 42.6 Å². The molecule has 0 aliphatic heterocycles. The van der Waals surface area contributed by atoms with Crippen molar-refractivity contribution in [2.24, 2.45) is 0 Å². The van der Waals surface area contributed by atoms with Crippen LogP contribution in [0, 0.1) is 0 Å². The number of nitrogens with one attached hydrogen (secondary N) is 2. The fourth-order valence-corrected chi connectivity index (χ4v) is 2.19. The van der Waals surface area contributed by atoms with Gasteiger partial charge in [0.15, 0.2) is 5.11 Å². The van der Waals surface area contributed by atoms with Gasteiger partial charge in [-0.2, -0.15) is 0 Å². The van der Waals surface area contributed by atoms with Crippen LogP contribution in [0.5, 0.6) is 5.75 Å². The van der Waals surface area contributed by atoms with E-state index in [0.717, 1.165) is 22.8 Å². The van der Waals surface area contributed by atoms with Crippen LogP contribution in [-0.4, -0.2) is 31.3 Å². The number of thiocarbonyl (C=S) groups is 1. The summed E-state index contributed by atoms with van der Waals surface area (Å²) in [6.45, 7) is 0.614. The second kappa shape index (κ2) is 7.61. The third-order valence-corrected chi connectivity index (χ3v) is 3.32. The molecule has 0 saturated carbocycles. The number of rotatable bonds is 5. The number of methoxy groups -OCH3 is 1. The van der Waals surface area contributed by atoms with Crippen molar-refractivity contribution in [2.75, 3.05) is 31.4 Å². The highest BCUT2D eigenvalue weighted by Crippen LogP contribution is 2.16. The molecule has 22 heavy (non-hydrogen) atoms. The van der Waals surface area contributed by atoms with Gasteiger partial charge in [0.25, 0.3) is 0 Å². The van der Waals surface area contributed by atoms with Crippen molar-refractivity contribution in [2.45, 2.75) is 6.54 Å². The molecular formula is C16H20N4OS. The van der Waals surface area contributed by atoms with E-state index < -0.39 is 0 Å². The van der Waals surface area contributed by atoms with E-state index in [4.69, 9.17) is 17.0 Å². The highest BCUT2D eigenvalue weighted by atomic mass is 32.1. The molecule has 0 unspecified atom stereocenters. The summed E-state index contributed by atoms with van der Waals surface area (Å²) in [5, 5.41) is 6.90. The van der Waals surface area contributed by atoms with E-state index in [1.54, 1.807) is 13.3 Å². The van der Waals surface area contributed by atoms with Gasteiger partial charge in [-0.3, -0.25) is 0 Å². The van der Waals surface area contributed by atoms with Gasteiger partial charge < -0.3 is 20.3 Å². The van der Waals surface area contributed by atoms with Crippen LogP contribution in [0.1, 0.15) is 5.56 Å². The molecule has 116 valence electrons. The lowest BCUT2D eigenvalue weighted by Crippen LogP contribution is -2.28. The van der Waals surface area contributed by atoms with Crippen molar-refractivity contribution in [3.05, 3.63) is 48.2 Å². The summed E-state index contributed by atoms with van der Waals surface area (Å²) in [4.78, 5) is 6.35. The zero-order valence-corrected chi connectivity index (χ0v) is 13.8. The number of hydrogen-bond donors (Lipinski definition) is 2. The van der Waals surface area contributed by atoms with Gasteiger partial charge in [0.05, 0.1) is 7.11 Å². The standard InChI is InChI=1S/C16H20N4OS/c1-20(2)15-12(5-4-10-17-15)11-18-16(22)19-13-6-8-14(21-3)9-7-13/h4-10H,11H2,1-3H3,(H2,18,19,22). The van der Waals surface area contributed by atoms with Crippen LogP contribution in [-0.2, 0) is 6.54 Å². The van der Waals surface area contributed by atoms with Gasteiger partial charge in [-0.1, -0.05) is 6.07 Å². The lowest BCUT2D eigenvalue weighted by molar-refractivity contribution is 0.415. The Morgan fingerprint density at radius 1 is 1.23 bits per heavy atom.